The molecule has 0 aliphatic rings. The average Bonchev–Trinajstić information content (AvgIpc) is 2.85. The summed E-state index contributed by atoms with van der Waals surface area (Å²) in [5.41, 5.74) is 8.16. The van der Waals surface area contributed by atoms with E-state index >= 15 is 0 Å². The van der Waals surface area contributed by atoms with Crippen molar-refractivity contribution in [2.24, 2.45) is 0 Å². The largest absolute Gasteiger partial charge is 0.382 e. The molecule has 0 aliphatic carbocycles. The van der Waals surface area contributed by atoms with Gasteiger partial charge in [0.1, 0.15) is 10.8 Å². The Balaban J connectivity index is 1.96. The molecule has 21 heavy (non-hydrogen) atoms. The Kier molecular flexibility index (Phi) is 5.59. The van der Waals surface area contributed by atoms with Crippen molar-refractivity contribution in [2.45, 2.75) is 26.3 Å². The number of hydrogen-bond acceptors (Lipinski definition) is 5. The summed E-state index contributed by atoms with van der Waals surface area (Å²) in [4.78, 5) is 2.35. The van der Waals surface area contributed by atoms with Crippen LogP contribution in [0.2, 0.25) is 0 Å². The molecule has 4 nitrogen and oxygen atoms in total. The van der Waals surface area contributed by atoms with Crippen LogP contribution in [0.25, 0.3) is 11.1 Å². The zero-order chi connectivity index (χ0) is 15.2. The van der Waals surface area contributed by atoms with E-state index in [-0.39, 0.29) is 0 Å². The lowest BCUT2D eigenvalue weighted by molar-refractivity contribution is 0.273. The summed E-state index contributed by atoms with van der Waals surface area (Å²) < 4.78 is 4.28. The number of nitrogens with two attached hydrogens (primary N) is 1. The van der Waals surface area contributed by atoms with Gasteiger partial charge in [-0.1, -0.05) is 30.3 Å². The van der Waals surface area contributed by atoms with Gasteiger partial charge in [-0.3, -0.25) is 0 Å². The molecule has 0 unspecified atom stereocenters. The van der Waals surface area contributed by atoms with Gasteiger partial charge >= 0.3 is 0 Å². The van der Waals surface area contributed by atoms with E-state index in [0.717, 1.165) is 35.6 Å². The van der Waals surface area contributed by atoms with Gasteiger partial charge in [0.15, 0.2) is 0 Å². The summed E-state index contributed by atoms with van der Waals surface area (Å²) in [6.07, 6.45) is 1.10. The van der Waals surface area contributed by atoms with Crippen LogP contribution >= 0.6 is 11.5 Å². The van der Waals surface area contributed by atoms with Crippen molar-refractivity contribution in [2.75, 3.05) is 31.2 Å². The molecule has 0 amide bonds. The van der Waals surface area contributed by atoms with Crippen LogP contribution in [0.4, 0.5) is 10.8 Å². The van der Waals surface area contributed by atoms with Gasteiger partial charge in [0.05, 0.1) is 5.56 Å². The average molecular weight is 304 g/mol. The van der Waals surface area contributed by atoms with Crippen LogP contribution in [0, 0.1) is 0 Å². The minimum absolute atomic E-state index is 0.587. The highest BCUT2D eigenvalue weighted by molar-refractivity contribution is 7.11. The van der Waals surface area contributed by atoms with Crippen LogP contribution in [-0.4, -0.2) is 35.5 Å². The molecule has 0 fully saturated rings. The quantitative estimate of drug-likeness (QED) is 0.768. The Labute approximate surface area is 131 Å². The highest BCUT2D eigenvalue weighted by Crippen LogP contribution is 2.36. The fourth-order valence-electron chi connectivity index (χ4n) is 2.10. The van der Waals surface area contributed by atoms with Crippen LogP contribution in [0.15, 0.2) is 30.3 Å². The maximum atomic E-state index is 6.02. The number of nitrogen functional groups attached to an aromatic ring is 1. The fourth-order valence-corrected chi connectivity index (χ4v) is 2.86. The van der Waals surface area contributed by atoms with Crippen molar-refractivity contribution < 1.29 is 0 Å². The number of aromatic nitrogens is 1. The zero-order valence-corrected chi connectivity index (χ0v) is 13.8. The third-order valence-corrected chi connectivity index (χ3v) is 4.45. The smallest absolute Gasteiger partial charge is 0.147 e. The van der Waals surface area contributed by atoms with E-state index in [4.69, 9.17) is 5.73 Å². The first-order valence-corrected chi connectivity index (χ1v) is 8.11. The van der Waals surface area contributed by atoms with Crippen LogP contribution < -0.4 is 11.1 Å². The fraction of sp³-hybridized carbons (Fsp3) is 0.438. The second kappa shape index (κ2) is 7.43. The molecule has 0 radical (unpaired) electrons. The molecule has 114 valence electrons. The zero-order valence-electron chi connectivity index (χ0n) is 13.0. The third kappa shape index (κ3) is 4.19. The molecular formula is C16H24N4S. The van der Waals surface area contributed by atoms with E-state index in [1.807, 2.05) is 18.2 Å². The molecule has 1 aromatic carbocycles. The summed E-state index contributed by atoms with van der Waals surface area (Å²) >= 11 is 1.44. The van der Waals surface area contributed by atoms with E-state index in [2.05, 4.69) is 47.6 Å². The number of nitrogens with zero attached hydrogens (tertiary/aromatic N) is 2. The Bertz CT molecular complexity index is 551. The lowest BCUT2D eigenvalue weighted by Crippen LogP contribution is -2.28. The molecule has 1 heterocycles. The molecule has 1 aromatic heterocycles. The van der Waals surface area contributed by atoms with Gasteiger partial charge in [-0.05, 0) is 51.0 Å². The second-order valence-corrected chi connectivity index (χ2v) is 6.27. The first-order chi connectivity index (χ1) is 10.1. The number of hydrogen-bond donors (Lipinski definition) is 2. The monoisotopic (exact) mass is 304 g/mol. The highest BCUT2D eigenvalue weighted by atomic mass is 32.1. The van der Waals surface area contributed by atoms with Crippen LogP contribution in [0.1, 0.15) is 20.3 Å². The van der Waals surface area contributed by atoms with E-state index in [9.17, 15) is 0 Å². The molecule has 0 saturated heterocycles. The van der Waals surface area contributed by atoms with Gasteiger partial charge in [0.25, 0.3) is 0 Å². The Morgan fingerprint density at radius 1 is 1.29 bits per heavy atom. The summed E-state index contributed by atoms with van der Waals surface area (Å²) in [7, 11) is 2.16. The minimum Gasteiger partial charge on any atom is -0.382 e. The summed E-state index contributed by atoms with van der Waals surface area (Å²) in [6.45, 7) is 6.44. The van der Waals surface area contributed by atoms with E-state index in [1.165, 1.54) is 11.5 Å². The predicted octanol–water partition coefficient (Wildman–Crippen LogP) is 3.53. The van der Waals surface area contributed by atoms with Crippen molar-refractivity contribution >= 4 is 22.4 Å². The second-order valence-electron chi connectivity index (χ2n) is 5.49. The maximum absolute atomic E-state index is 6.02. The molecule has 0 spiro atoms. The summed E-state index contributed by atoms with van der Waals surface area (Å²) in [6, 6.07) is 10.8. The van der Waals surface area contributed by atoms with Crippen molar-refractivity contribution in [3.8, 4) is 11.1 Å². The van der Waals surface area contributed by atoms with Gasteiger partial charge in [-0.15, -0.1) is 0 Å². The molecule has 2 rings (SSSR count). The van der Waals surface area contributed by atoms with Gasteiger partial charge in [-0.2, -0.15) is 4.37 Å². The molecule has 3 N–H and O–H groups in total. The third-order valence-electron chi connectivity index (χ3n) is 3.64. The summed E-state index contributed by atoms with van der Waals surface area (Å²) in [5, 5.41) is 4.54. The van der Waals surface area contributed by atoms with Crippen molar-refractivity contribution in [3.05, 3.63) is 30.3 Å². The first-order valence-electron chi connectivity index (χ1n) is 7.34. The molecule has 0 aliphatic heterocycles. The van der Waals surface area contributed by atoms with Crippen molar-refractivity contribution in [3.63, 3.8) is 0 Å². The van der Waals surface area contributed by atoms with Crippen molar-refractivity contribution in [1.82, 2.24) is 9.27 Å². The number of benzene rings is 1. The van der Waals surface area contributed by atoms with Gasteiger partial charge in [0.2, 0.25) is 0 Å². The number of rotatable bonds is 7. The number of nitrogens with one attached hydrogen (secondary N) is 1. The van der Waals surface area contributed by atoms with E-state index in [1.54, 1.807) is 0 Å². The Morgan fingerprint density at radius 2 is 2.00 bits per heavy atom. The van der Waals surface area contributed by atoms with Crippen LogP contribution in [-0.2, 0) is 0 Å². The lowest BCUT2D eigenvalue weighted by atomic mass is 10.1. The standard InChI is InChI=1S/C16H24N4S/c1-12(2)20(3)11-7-10-18-16-14(15(17)19-21-16)13-8-5-4-6-9-13/h4-6,8-9,12,18H,7,10-11H2,1-3H3,(H2,17,19). The molecule has 0 bridgehead atoms. The molecule has 0 atom stereocenters. The SMILES string of the molecule is CC(C)N(C)CCCNc1snc(N)c1-c1ccccc1. The lowest BCUT2D eigenvalue weighted by Gasteiger charge is -2.20. The van der Waals surface area contributed by atoms with Gasteiger partial charge in [-0.25, -0.2) is 0 Å². The Morgan fingerprint density at radius 3 is 2.67 bits per heavy atom. The normalized spacial score (nSPS) is 11.3. The minimum atomic E-state index is 0.587. The predicted molar refractivity (Wildman–Crippen MR) is 92.8 cm³/mol. The number of anilines is 2. The van der Waals surface area contributed by atoms with Crippen LogP contribution in [0.3, 0.4) is 0 Å². The molecule has 0 saturated carbocycles. The molecule has 2 aromatic rings. The van der Waals surface area contributed by atoms with Crippen LogP contribution in [0.5, 0.6) is 0 Å². The topological polar surface area (TPSA) is 54.2 Å². The Hall–Kier alpha value is -1.59. The maximum Gasteiger partial charge on any atom is 0.147 e. The van der Waals surface area contributed by atoms with Gasteiger partial charge in [0, 0.05) is 12.6 Å². The van der Waals surface area contributed by atoms with Gasteiger partial charge < -0.3 is 16.0 Å². The summed E-state index contributed by atoms with van der Waals surface area (Å²) in [5.74, 6) is 0.605. The molecule has 5 heteroatoms. The highest BCUT2D eigenvalue weighted by Gasteiger charge is 2.13. The van der Waals surface area contributed by atoms with E-state index < -0.39 is 0 Å². The molecular weight excluding hydrogens is 280 g/mol. The van der Waals surface area contributed by atoms with E-state index in [0.29, 0.717) is 11.9 Å². The van der Waals surface area contributed by atoms with Crippen molar-refractivity contribution in [1.29, 1.82) is 0 Å². The first kappa shape index (κ1) is 15.8.